The number of hydrogen-bond acceptors (Lipinski definition) is 5. The van der Waals surface area contributed by atoms with E-state index in [1.807, 2.05) is 24.9 Å². The minimum absolute atomic E-state index is 0.0238. The van der Waals surface area contributed by atoms with Gasteiger partial charge in [0.15, 0.2) is 0 Å². The molecular formula is C18H26N4O2. The lowest BCUT2D eigenvalue weighted by atomic mass is 10.0. The maximum Gasteiger partial charge on any atom is 0.257 e. The highest BCUT2D eigenvalue weighted by Crippen LogP contribution is 2.22. The summed E-state index contributed by atoms with van der Waals surface area (Å²) in [5.41, 5.74) is 1.95. The van der Waals surface area contributed by atoms with E-state index in [-0.39, 0.29) is 11.9 Å². The molecule has 3 heterocycles. The molecule has 130 valence electrons. The van der Waals surface area contributed by atoms with Gasteiger partial charge in [-0.2, -0.15) is 0 Å². The third-order valence-electron chi connectivity index (χ3n) is 5.08. The second-order valence-electron chi connectivity index (χ2n) is 6.84. The molecule has 6 nitrogen and oxygen atoms in total. The largest absolute Gasteiger partial charge is 0.339 e. The SMILES string of the molecule is CCc1noc2ncc(C(=O)N(C)C3CCN(C(C)C)CC3)cc12. The number of pyridine rings is 1. The molecule has 1 aliphatic rings. The predicted molar refractivity (Wildman–Crippen MR) is 93.0 cm³/mol. The second kappa shape index (κ2) is 6.89. The number of carbonyl (C=O) groups is 1. The molecule has 0 N–H and O–H groups in total. The van der Waals surface area contributed by atoms with Crippen LogP contribution in [0.25, 0.3) is 11.1 Å². The number of rotatable bonds is 4. The monoisotopic (exact) mass is 330 g/mol. The normalized spacial score (nSPS) is 16.9. The van der Waals surface area contributed by atoms with E-state index in [1.54, 1.807) is 6.20 Å². The lowest BCUT2D eigenvalue weighted by Crippen LogP contribution is -2.47. The summed E-state index contributed by atoms with van der Waals surface area (Å²) in [7, 11) is 1.90. The standard InChI is InChI=1S/C18H26N4O2/c1-5-16-15-10-13(11-19-17(15)24-20-16)18(23)21(4)14-6-8-22(9-7-14)12(2)3/h10-12,14H,5-9H2,1-4H3. The van der Waals surface area contributed by atoms with Crippen molar-refractivity contribution in [3.63, 3.8) is 0 Å². The van der Waals surface area contributed by atoms with Crippen molar-refractivity contribution in [3.8, 4) is 0 Å². The quantitative estimate of drug-likeness (QED) is 0.862. The average molecular weight is 330 g/mol. The van der Waals surface area contributed by atoms with Crippen molar-refractivity contribution in [3.05, 3.63) is 23.5 Å². The molecule has 1 amide bonds. The zero-order chi connectivity index (χ0) is 17.3. The maximum atomic E-state index is 12.8. The molecule has 6 heteroatoms. The molecule has 0 saturated carbocycles. The van der Waals surface area contributed by atoms with Crippen LogP contribution in [0.1, 0.15) is 49.7 Å². The van der Waals surface area contributed by atoms with E-state index in [4.69, 9.17) is 4.52 Å². The molecule has 0 bridgehead atoms. The van der Waals surface area contributed by atoms with E-state index in [9.17, 15) is 4.79 Å². The number of piperidine rings is 1. The van der Waals surface area contributed by atoms with Crippen LogP contribution >= 0.6 is 0 Å². The first-order valence-corrected chi connectivity index (χ1v) is 8.76. The van der Waals surface area contributed by atoms with Crippen molar-refractivity contribution in [2.24, 2.45) is 0 Å². The first-order chi connectivity index (χ1) is 11.5. The highest BCUT2D eigenvalue weighted by Gasteiger charge is 2.27. The van der Waals surface area contributed by atoms with Gasteiger partial charge < -0.3 is 14.3 Å². The van der Waals surface area contributed by atoms with Crippen molar-refractivity contribution in [1.82, 2.24) is 19.9 Å². The lowest BCUT2D eigenvalue weighted by molar-refractivity contribution is 0.0615. The summed E-state index contributed by atoms with van der Waals surface area (Å²) in [5, 5.41) is 4.85. The maximum absolute atomic E-state index is 12.8. The highest BCUT2D eigenvalue weighted by atomic mass is 16.5. The molecular weight excluding hydrogens is 304 g/mol. The molecule has 1 fully saturated rings. The number of hydrogen-bond donors (Lipinski definition) is 0. The fourth-order valence-corrected chi connectivity index (χ4v) is 3.41. The first kappa shape index (κ1) is 16.9. The molecule has 0 unspecified atom stereocenters. The number of aryl methyl sites for hydroxylation is 1. The Kier molecular flexibility index (Phi) is 4.85. The number of amides is 1. The number of fused-ring (bicyclic) bond motifs is 1. The first-order valence-electron chi connectivity index (χ1n) is 8.76. The van der Waals surface area contributed by atoms with Crippen LogP contribution in [0.15, 0.2) is 16.8 Å². The Morgan fingerprint density at radius 2 is 2.12 bits per heavy atom. The summed E-state index contributed by atoms with van der Waals surface area (Å²) >= 11 is 0. The van der Waals surface area contributed by atoms with Crippen LogP contribution < -0.4 is 0 Å². The molecule has 2 aromatic heterocycles. The third-order valence-corrected chi connectivity index (χ3v) is 5.08. The second-order valence-corrected chi connectivity index (χ2v) is 6.84. The fourth-order valence-electron chi connectivity index (χ4n) is 3.41. The van der Waals surface area contributed by atoms with E-state index in [0.29, 0.717) is 17.3 Å². The Hall–Kier alpha value is -1.95. The summed E-state index contributed by atoms with van der Waals surface area (Å²) in [6.07, 6.45) is 4.39. The van der Waals surface area contributed by atoms with Gasteiger partial charge in [0.05, 0.1) is 16.6 Å². The fraction of sp³-hybridized carbons (Fsp3) is 0.611. The van der Waals surface area contributed by atoms with E-state index >= 15 is 0 Å². The Morgan fingerprint density at radius 1 is 1.42 bits per heavy atom. The van der Waals surface area contributed by atoms with Gasteiger partial charge in [-0.25, -0.2) is 4.98 Å². The lowest BCUT2D eigenvalue weighted by Gasteiger charge is -2.38. The predicted octanol–water partition coefficient (Wildman–Crippen LogP) is 2.73. The van der Waals surface area contributed by atoms with Crippen LogP contribution in [0, 0.1) is 0 Å². The van der Waals surface area contributed by atoms with E-state index in [2.05, 4.69) is 28.9 Å². The van der Waals surface area contributed by atoms with E-state index < -0.39 is 0 Å². The van der Waals surface area contributed by atoms with Crippen molar-refractivity contribution in [1.29, 1.82) is 0 Å². The Labute approximate surface area is 142 Å². The average Bonchev–Trinajstić information content (AvgIpc) is 3.02. The Balaban J connectivity index is 1.74. The molecule has 1 saturated heterocycles. The number of carbonyl (C=O) groups excluding carboxylic acids is 1. The van der Waals surface area contributed by atoms with E-state index in [1.165, 1.54) is 0 Å². The molecule has 0 spiro atoms. The summed E-state index contributed by atoms with van der Waals surface area (Å²) < 4.78 is 5.19. The molecule has 3 rings (SSSR count). The number of nitrogens with zero attached hydrogens (tertiary/aromatic N) is 4. The van der Waals surface area contributed by atoms with Gasteiger partial charge >= 0.3 is 0 Å². The minimum atomic E-state index is 0.0238. The highest BCUT2D eigenvalue weighted by molar-refractivity contribution is 5.97. The van der Waals surface area contributed by atoms with Gasteiger partial charge in [0.1, 0.15) is 0 Å². The van der Waals surface area contributed by atoms with Crippen LogP contribution in [0.4, 0.5) is 0 Å². The summed E-state index contributed by atoms with van der Waals surface area (Å²) in [4.78, 5) is 21.4. The van der Waals surface area contributed by atoms with Crippen LogP contribution in [-0.2, 0) is 6.42 Å². The van der Waals surface area contributed by atoms with Crippen LogP contribution in [-0.4, -0.2) is 58.1 Å². The summed E-state index contributed by atoms with van der Waals surface area (Å²) in [6.45, 7) is 8.55. The zero-order valence-electron chi connectivity index (χ0n) is 15.0. The van der Waals surface area contributed by atoms with Gasteiger partial charge in [-0.15, -0.1) is 0 Å². The number of aromatic nitrogens is 2. The van der Waals surface area contributed by atoms with Crippen molar-refractivity contribution in [2.75, 3.05) is 20.1 Å². The van der Waals surface area contributed by atoms with Gasteiger partial charge in [0, 0.05) is 38.4 Å². The molecule has 2 aromatic rings. The van der Waals surface area contributed by atoms with Crippen LogP contribution in [0.2, 0.25) is 0 Å². The van der Waals surface area contributed by atoms with Gasteiger partial charge in [-0.3, -0.25) is 4.79 Å². The molecule has 0 aliphatic carbocycles. The zero-order valence-corrected chi connectivity index (χ0v) is 15.0. The minimum Gasteiger partial charge on any atom is -0.339 e. The molecule has 0 atom stereocenters. The van der Waals surface area contributed by atoms with Crippen molar-refractivity contribution in [2.45, 2.75) is 52.1 Å². The van der Waals surface area contributed by atoms with Gasteiger partial charge in [-0.1, -0.05) is 12.1 Å². The Morgan fingerprint density at radius 3 is 2.75 bits per heavy atom. The van der Waals surface area contributed by atoms with Gasteiger partial charge in [0.25, 0.3) is 11.6 Å². The topological polar surface area (TPSA) is 62.5 Å². The number of likely N-dealkylation sites (tertiary alicyclic amines) is 1. The molecule has 0 aromatic carbocycles. The van der Waals surface area contributed by atoms with E-state index in [0.717, 1.165) is 43.4 Å². The Bertz CT molecular complexity index is 717. The van der Waals surface area contributed by atoms with Crippen LogP contribution in [0.3, 0.4) is 0 Å². The van der Waals surface area contributed by atoms with Crippen molar-refractivity contribution >= 4 is 17.0 Å². The molecule has 1 aliphatic heterocycles. The summed E-state index contributed by atoms with van der Waals surface area (Å²) in [5.74, 6) is 0.0238. The van der Waals surface area contributed by atoms with Gasteiger partial charge in [-0.05, 0) is 39.2 Å². The third kappa shape index (κ3) is 3.15. The van der Waals surface area contributed by atoms with Crippen molar-refractivity contribution < 1.29 is 9.32 Å². The van der Waals surface area contributed by atoms with Crippen LogP contribution in [0.5, 0.6) is 0 Å². The van der Waals surface area contributed by atoms with Gasteiger partial charge in [0.2, 0.25) is 0 Å². The molecule has 0 radical (unpaired) electrons. The summed E-state index contributed by atoms with van der Waals surface area (Å²) in [6, 6.07) is 2.72. The molecule has 24 heavy (non-hydrogen) atoms. The smallest absolute Gasteiger partial charge is 0.257 e.